The molecule has 0 unspecified atom stereocenters. The zero-order chi connectivity index (χ0) is 23.4. The Bertz CT molecular complexity index is 1230. The highest BCUT2D eigenvalue weighted by Crippen LogP contribution is 2.37. The van der Waals surface area contributed by atoms with E-state index in [9.17, 15) is 14.0 Å². The number of carbonyl (C=O) groups excluding carboxylic acids is 2. The molecule has 0 spiro atoms. The van der Waals surface area contributed by atoms with E-state index in [2.05, 4.69) is 0 Å². The van der Waals surface area contributed by atoms with E-state index < -0.39 is 17.0 Å². The quantitative estimate of drug-likeness (QED) is 0.350. The van der Waals surface area contributed by atoms with Gasteiger partial charge in [0.15, 0.2) is 11.5 Å². The van der Waals surface area contributed by atoms with Crippen molar-refractivity contribution in [1.82, 2.24) is 0 Å². The Morgan fingerprint density at radius 2 is 1.76 bits per heavy atom. The summed E-state index contributed by atoms with van der Waals surface area (Å²) in [5.74, 6) is 0.138. The van der Waals surface area contributed by atoms with Gasteiger partial charge in [-0.2, -0.15) is 0 Å². The van der Waals surface area contributed by atoms with Gasteiger partial charge in [-0.25, -0.2) is 9.29 Å². The number of anilines is 1. The maximum absolute atomic E-state index is 13.2. The predicted molar refractivity (Wildman–Crippen MR) is 128 cm³/mol. The first kappa shape index (κ1) is 22.9. The maximum Gasteiger partial charge on any atom is 0.298 e. The van der Waals surface area contributed by atoms with Gasteiger partial charge in [0.25, 0.3) is 11.1 Å². The minimum atomic E-state index is -0.464. The Morgan fingerprint density at radius 1 is 1.00 bits per heavy atom. The highest BCUT2D eigenvalue weighted by molar-refractivity contribution is 8.19. The van der Waals surface area contributed by atoms with Crippen molar-refractivity contribution in [2.45, 2.75) is 13.5 Å². The molecule has 0 saturated carbocycles. The molecule has 0 aromatic heterocycles. The van der Waals surface area contributed by atoms with Crippen LogP contribution in [-0.4, -0.2) is 17.8 Å². The summed E-state index contributed by atoms with van der Waals surface area (Å²) in [5.41, 5.74) is 1.84. The summed E-state index contributed by atoms with van der Waals surface area (Å²) < 4.78 is 24.8. The number of carbonyl (C=O) groups is 2. The van der Waals surface area contributed by atoms with Crippen LogP contribution in [0, 0.1) is 5.82 Å². The molecule has 0 radical (unpaired) electrons. The molecule has 0 bridgehead atoms. The molecule has 0 aliphatic carbocycles. The van der Waals surface area contributed by atoms with Gasteiger partial charge in [-0.1, -0.05) is 35.9 Å². The number of hydrogen-bond donors (Lipinski definition) is 0. The molecular weight excluding hydrogens is 465 g/mol. The zero-order valence-electron chi connectivity index (χ0n) is 17.6. The lowest BCUT2D eigenvalue weighted by Gasteiger charge is -2.13. The lowest BCUT2D eigenvalue weighted by atomic mass is 10.1. The van der Waals surface area contributed by atoms with E-state index in [0.29, 0.717) is 34.4 Å². The molecule has 5 nitrogen and oxygen atoms in total. The fraction of sp³-hybridized carbons (Fsp3) is 0.120. The first-order valence-electron chi connectivity index (χ1n) is 10.1. The number of rotatable bonds is 7. The summed E-state index contributed by atoms with van der Waals surface area (Å²) in [7, 11) is 0. The van der Waals surface area contributed by atoms with Gasteiger partial charge in [-0.3, -0.25) is 9.59 Å². The Kier molecular flexibility index (Phi) is 7.01. The molecular formula is C25H19ClFNO4S. The Labute approximate surface area is 199 Å². The van der Waals surface area contributed by atoms with E-state index in [-0.39, 0.29) is 11.5 Å². The van der Waals surface area contributed by atoms with Crippen molar-refractivity contribution >= 4 is 46.3 Å². The molecule has 3 aromatic rings. The van der Waals surface area contributed by atoms with Crippen LogP contribution in [0.25, 0.3) is 6.08 Å². The number of nitrogens with zero attached hydrogens (tertiary/aromatic N) is 1. The second-order valence-corrected chi connectivity index (χ2v) is 8.41. The number of halogens is 2. The first-order chi connectivity index (χ1) is 16.0. The van der Waals surface area contributed by atoms with Crippen LogP contribution in [0.4, 0.5) is 14.9 Å². The maximum atomic E-state index is 13.2. The zero-order valence-corrected chi connectivity index (χ0v) is 19.2. The summed E-state index contributed by atoms with van der Waals surface area (Å²) in [6.45, 7) is 2.56. The van der Waals surface area contributed by atoms with Crippen LogP contribution in [0.3, 0.4) is 0 Å². The van der Waals surface area contributed by atoms with Gasteiger partial charge < -0.3 is 9.47 Å². The molecule has 33 heavy (non-hydrogen) atoms. The van der Waals surface area contributed by atoms with Gasteiger partial charge in [-0.15, -0.1) is 0 Å². The molecule has 168 valence electrons. The summed E-state index contributed by atoms with van der Waals surface area (Å²) >= 11 is 7.02. The molecule has 2 amide bonds. The monoisotopic (exact) mass is 483 g/mol. The first-order valence-corrected chi connectivity index (χ1v) is 11.3. The molecule has 1 saturated heterocycles. The van der Waals surface area contributed by atoms with Crippen molar-refractivity contribution in [1.29, 1.82) is 0 Å². The van der Waals surface area contributed by atoms with Crippen LogP contribution in [0.2, 0.25) is 5.02 Å². The van der Waals surface area contributed by atoms with Crippen molar-refractivity contribution in [3.63, 3.8) is 0 Å². The topological polar surface area (TPSA) is 55.8 Å². The Hall–Kier alpha value is -3.29. The SMILES string of the molecule is CCOc1cc(/C=C2\SC(=O)N(c3ccc(F)cc3)C2=O)ccc1OCc1ccccc1Cl. The highest BCUT2D eigenvalue weighted by Gasteiger charge is 2.36. The molecule has 3 aromatic carbocycles. The van der Waals surface area contributed by atoms with Gasteiger partial charge in [0.05, 0.1) is 17.2 Å². The number of ether oxygens (including phenoxy) is 2. The third kappa shape index (κ3) is 5.21. The van der Waals surface area contributed by atoms with Crippen molar-refractivity contribution in [2.75, 3.05) is 11.5 Å². The van der Waals surface area contributed by atoms with Gasteiger partial charge in [0.2, 0.25) is 0 Å². The molecule has 1 aliphatic heterocycles. The average Bonchev–Trinajstić information content (AvgIpc) is 3.08. The minimum Gasteiger partial charge on any atom is -0.490 e. The smallest absolute Gasteiger partial charge is 0.298 e. The number of benzene rings is 3. The predicted octanol–water partition coefficient (Wildman–Crippen LogP) is 6.70. The third-order valence-corrected chi connectivity index (χ3v) is 6.02. The fourth-order valence-corrected chi connectivity index (χ4v) is 4.24. The minimum absolute atomic E-state index is 0.261. The number of hydrogen-bond acceptors (Lipinski definition) is 5. The van der Waals surface area contributed by atoms with Crippen molar-refractivity contribution in [3.8, 4) is 11.5 Å². The Morgan fingerprint density at radius 3 is 2.48 bits per heavy atom. The Balaban J connectivity index is 1.55. The molecule has 1 aliphatic rings. The van der Waals surface area contributed by atoms with E-state index in [1.54, 1.807) is 30.3 Å². The summed E-state index contributed by atoms with van der Waals surface area (Å²) in [6, 6.07) is 17.9. The number of imide groups is 1. The third-order valence-electron chi connectivity index (χ3n) is 4.78. The number of thioether (sulfide) groups is 1. The summed E-state index contributed by atoms with van der Waals surface area (Å²) in [6.07, 6.45) is 1.62. The van der Waals surface area contributed by atoms with E-state index in [0.717, 1.165) is 22.2 Å². The van der Waals surface area contributed by atoms with Crippen molar-refractivity contribution < 1.29 is 23.5 Å². The van der Waals surface area contributed by atoms with Gasteiger partial charge >= 0.3 is 0 Å². The van der Waals surface area contributed by atoms with Crippen molar-refractivity contribution in [2.24, 2.45) is 0 Å². The molecule has 8 heteroatoms. The van der Waals surface area contributed by atoms with E-state index in [1.807, 2.05) is 25.1 Å². The van der Waals surface area contributed by atoms with Crippen LogP contribution in [0.1, 0.15) is 18.1 Å². The van der Waals surface area contributed by atoms with Crippen LogP contribution < -0.4 is 14.4 Å². The molecule has 0 atom stereocenters. The molecule has 4 rings (SSSR count). The lowest BCUT2D eigenvalue weighted by molar-refractivity contribution is -0.113. The van der Waals surface area contributed by atoms with Crippen LogP contribution in [-0.2, 0) is 11.4 Å². The lowest BCUT2D eigenvalue weighted by Crippen LogP contribution is -2.27. The van der Waals surface area contributed by atoms with Gasteiger partial charge in [0, 0.05) is 10.6 Å². The second-order valence-electron chi connectivity index (χ2n) is 7.01. The van der Waals surface area contributed by atoms with E-state index in [4.69, 9.17) is 21.1 Å². The normalized spacial score (nSPS) is 14.8. The summed E-state index contributed by atoms with van der Waals surface area (Å²) in [4.78, 5) is 26.5. The van der Waals surface area contributed by atoms with Crippen LogP contribution >= 0.6 is 23.4 Å². The van der Waals surface area contributed by atoms with E-state index in [1.165, 1.54) is 24.3 Å². The van der Waals surface area contributed by atoms with Crippen molar-refractivity contribution in [3.05, 3.63) is 93.6 Å². The highest BCUT2D eigenvalue weighted by atomic mass is 35.5. The standard InChI is InChI=1S/C25H19ClFNO4S/c1-2-31-22-13-16(7-12-21(22)32-15-17-5-3-4-6-20(17)26)14-23-24(29)28(25(30)33-23)19-10-8-18(27)9-11-19/h3-14H,2,15H2,1H3/b23-14-. The van der Waals surface area contributed by atoms with Gasteiger partial charge in [-0.05, 0) is 72.8 Å². The second kappa shape index (κ2) is 10.1. The van der Waals surface area contributed by atoms with Crippen LogP contribution in [0.5, 0.6) is 11.5 Å². The fourth-order valence-electron chi connectivity index (χ4n) is 3.20. The largest absolute Gasteiger partial charge is 0.490 e. The van der Waals surface area contributed by atoms with E-state index >= 15 is 0 Å². The average molecular weight is 484 g/mol. The summed E-state index contributed by atoms with van der Waals surface area (Å²) in [5, 5.41) is 0.173. The van der Waals surface area contributed by atoms with Gasteiger partial charge in [0.1, 0.15) is 12.4 Å². The molecule has 1 heterocycles. The number of amides is 2. The molecule has 0 N–H and O–H groups in total. The molecule has 1 fully saturated rings. The van der Waals surface area contributed by atoms with Crippen LogP contribution in [0.15, 0.2) is 71.6 Å².